The molecule has 31 heavy (non-hydrogen) atoms. The number of nitrogens with one attached hydrogen (secondary N) is 1. The van der Waals surface area contributed by atoms with Gasteiger partial charge in [0, 0.05) is 5.69 Å². The molecule has 8 heteroatoms. The van der Waals surface area contributed by atoms with Crippen LogP contribution >= 0.6 is 0 Å². The van der Waals surface area contributed by atoms with Crippen LogP contribution in [-0.2, 0) is 16.1 Å². The molecule has 1 N–H and O–H groups in total. The Kier molecular flexibility index (Phi) is 6.59. The number of furan rings is 1. The maximum absolute atomic E-state index is 12.8. The summed E-state index contributed by atoms with van der Waals surface area (Å²) in [5.74, 6) is -0.723. The topological polar surface area (TPSA) is 108 Å². The zero-order valence-electron chi connectivity index (χ0n) is 17.7. The summed E-state index contributed by atoms with van der Waals surface area (Å²) in [5, 5.41) is 0. The van der Waals surface area contributed by atoms with E-state index in [9.17, 15) is 14.4 Å². The second-order valence-electron chi connectivity index (χ2n) is 6.90. The molecule has 8 nitrogen and oxygen atoms in total. The van der Waals surface area contributed by atoms with Gasteiger partial charge in [-0.05, 0) is 50.6 Å². The molecule has 0 bridgehead atoms. The predicted molar refractivity (Wildman–Crippen MR) is 110 cm³/mol. The number of aromatic amines is 1. The largest absolute Gasteiger partial charge is 0.486 e. The van der Waals surface area contributed by atoms with Gasteiger partial charge >= 0.3 is 11.9 Å². The number of Topliss-reactive ketones (excluding diaryl/α,β-unsaturated/α-hetero) is 1. The molecule has 2 aromatic heterocycles. The summed E-state index contributed by atoms with van der Waals surface area (Å²) >= 11 is 0. The van der Waals surface area contributed by atoms with Gasteiger partial charge in [-0.1, -0.05) is 18.2 Å². The van der Waals surface area contributed by atoms with E-state index in [4.69, 9.17) is 18.6 Å². The quantitative estimate of drug-likeness (QED) is 0.429. The number of rotatable bonds is 8. The summed E-state index contributed by atoms with van der Waals surface area (Å²) < 4.78 is 21.0. The van der Waals surface area contributed by atoms with Crippen molar-refractivity contribution in [2.75, 3.05) is 7.11 Å². The van der Waals surface area contributed by atoms with E-state index in [1.807, 2.05) is 18.2 Å². The monoisotopic (exact) mass is 425 g/mol. The Balaban J connectivity index is 1.64. The highest BCUT2D eigenvalue weighted by Gasteiger charge is 2.28. The fourth-order valence-corrected chi connectivity index (χ4v) is 3.12. The molecular formula is C23H23NO7. The molecule has 0 amide bonds. The minimum absolute atomic E-state index is 0.0408. The summed E-state index contributed by atoms with van der Waals surface area (Å²) in [5.41, 5.74) is 1.42. The molecule has 0 aliphatic rings. The van der Waals surface area contributed by atoms with E-state index in [1.165, 1.54) is 20.1 Å². The van der Waals surface area contributed by atoms with Gasteiger partial charge in [-0.25, -0.2) is 9.59 Å². The van der Waals surface area contributed by atoms with Crippen molar-refractivity contribution in [3.8, 4) is 5.75 Å². The van der Waals surface area contributed by atoms with Gasteiger partial charge in [0.15, 0.2) is 6.10 Å². The van der Waals surface area contributed by atoms with Crippen molar-refractivity contribution < 1.29 is 33.0 Å². The van der Waals surface area contributed by atoms with Crippen molar-refractivity contribution in [1.82, 2.24) is 4.98 Å². The van der Waals surface area contributed by atoms with Gasteiger partial charge < -0.3 is 23.6 Å². The molecule has 1 aromatic carbocycles. The first-order chi connectivity index (χ1) is 14.8. The van der Waals surface area contributed by atoms with Crippen LogP contribution in [0.25, 0.3) is 0 Å². The molecule has 0 fully saturated rings. The molecule has 3 aromatic rings. The first-order valence-corrected chi connectivity index (χ1v) is 9.61. The maximum atomic E-state index is 12.8. The number of esters is 2. The summed E-state index contributed by atoms with van der Waals surface area (Å²) in [6.45, 7) is 4.89. The molecule has 0 aliphatic heterocycles. The van der Waals surface area contributed by atoms with Crippen LogP contribution in [0.15, 0.2) is 46.9 Å². The summed E-state index contributed by atoms with van der Waals surface area (Å²) in [7, 11) is 1.27. The molecule has 0 saturated heterocycles. The molecule has 0 spiro atoms. The number of carbonyl (C=O) groups is 3. The van der Waals surface area contributed by atoms with Crippen molar-refractivity contribution in [3.05, 3.63) is 76.5 Å². The molecular weight excluding hydrogens is 402 g/mol. The minimum atomic E-state index is -1.09. The number of H-pyrrole nitrogens is 1. The lowest BCUT2D eigenvalue weighted by molar-refractivity contribution is 0.0284. The van der Waals surface area contributed by atoms with Crippen molar-refractivity contribution in [2.24, 2.45) is 0 Å². The minimum Gasteiger partial charge on any atom is -0.486 e. The average Bonchev–Trinajstić information content (AvgIpc) is 3.36. The summed E-state index contributed by atoms with van der Waals surface area (Å²) in [4.78, 5) is 39.9. The van der Waals surface area contributed by atoms with E-state index in [-0.39, 0.29) is 18.1 Å². The fourth-order valence-electron chi connectivity index (χ4n) is 3.12. The number of methoxy groups -OCH3 is 1. The van der Waals surface area contributed by atoms with E-state index in [0.29, 0.717) is 28.3 Å². The number of aryl methyl sites for hydroxylation is 1. The van der Waals surface area contributed by atoms with Crippen molar-refractivity contribution in [3.63, 3.8) is 0 Å². The Morgan fingerprint density at radius 1 is 1.03 bits per heavy atom. The van der Waals surface area contributed by atoms with Gasteiger partial charge in [-0.3, -0.25) is 4.79 Å². The Bertz CT molecular complexity index is 1090. The van der Waals surface area contributed by atoms with Crippen LogP contribution in [0, 0.1) is 13.8 Å². The third-order valence-electron chi connectivity index (χ3n) is 4.71. The lowest BCUT2D eigenvalue weighted by Gasteiger charge is -2.11. The number of ether oxygens (including phenoxy) is 3. The van der Waals surface area contributed by atoms with E-state index in [0.717, 1.165) is 0 Å². The van der Waals surface area contributed by atoms with Gasteiger partial charge in [0.05, 0.1) is 18.4 Å². The standard InChI is InChI=1S/C23H23NO7/c1-13-19(23(27)28-4)14(2)24-20(13)21(25)15(3)30-22(26)18-11-10-17(31-18)12-29-16-8-6-5-7-9-16/h5-11,15,24H,12H2,1-4H3. The zero-order chi connectivity index (χ0) is 22.5. The van der Waals surface area contributed by atoms with Crippen LogP contribution in [0.2, 0.25) is 0 Å². The zero-order valence-corrected chi connectivity index (χ0v) is 17.7. The van der Waals surface area contributed by atoms with Gasteiger partial charge in [0.25, 0.3) is 0 Å². The molecule has 1 unspecified atom stereocenters. The van der Waals surface area contributed by atoms with Crippen LogP contribution in [-0.4, -0.2) is 35.9 Å². The summed E-state index contributed by atoms with van der Waals surface area (Å²) in [6.07, 6.45) is -1.09. The normalized spacial score (nSPS) is 11.6. The highest BCUT2D eigenvalue weighted by atomic mass is 16.6. The van der Waals surface area contributed by atoms with Crippen LogP contribution < -0.4 is 4.74 Å². The first kappa shape index (κ1) is 21.9. The number of aromatic nitrogens is 1. The molecule has 0 radical (unpaired) electrons. The van der Waals surface area contributed by atoms with Crippen LogP contribution in [0.1, 0.15) is 55.3 Å². The highest BCUT2D eigenvalue weighted by molar-refractivity contribution is 6.04. The molecule has 0 aliphatic carbocycles. The van der Waals surface area contributed by atoms with Crippen LogP contribution in [0.5, 0.6) is 5.75 Å². The first-order valence-electron chi connectivity index (χ1n) is 9.61. The van der Waals surface area contributed by atoms with Crippen molar-refractivity contribution in [2.45, 2.75) is 33.5 Å². The number of ketones is 1. The highest BCUT2D eigenvalue weighted by Crippen LogP contribution is 2.21. The molecule has 1 atom stereocenters. The second-order valence-corrected chi connectivity index (χ2v) is 6.90. The third-order valence-corrected chi connectivity index (χ3v) is 4.71. The van der Waals surface area contributed by atoms with Gasteiger partial charge in [-0.2, -0.15) is 0 Å². The van der Waals surface area contributed by atoms with Gasteiger partial charge in [-0.15, -0.1) is 0 Å². The number of benzene rings is 1. The van der Waals surface area contributed by atoms with E-state index >= 15 is 0 Å². The van der Waals surface area contributed by atoms with E-state index < -0.39 is 23.8 Å². The number of para-hydroxylation sites is 1. The molecule has 3 rings (SSSR count). The maximum Gasteiger partial charge on any atom is 0.374 e. The second kappa shape index (κ2) is 9.34. The number of hydrogen-bond donors (Lipinski definition) is 1. The molecule has 0 saturated carbocycles. The molecule has 2 heterocycles. The SMILES string of the molecule is COC(=O)c1c(C)[nH]c(C(=O)C(C)OC(=O)c2ccc(COc3ccccc3)o2)c1C. The number of hydrogen-bond acceptors (Lipinski definition) is 7. The molecule has 162 valence electrons. The predicted octanol–water partition coefficient (Wildman–Crippen LogP) is 4.02. The van der Waals surface area contributed by atoms with Crippen LogP contribution in [0.4, 0.5) is 0 Å². The third kappa shape index (κ3) is 4.85. The lowest BCUT2D eigenvalue weighted by atomic mass is 10.1. The number of carbonyl (C=O) groups excluding carboxylic acids is 3. The van der Waals surface area contributed by atoms with Gasteiger partial charge in [0.2, 0.25) is 11.5 Å². The summed E-state index contributed by atoms with van der Waals surface area (Å²) in [6, 6.07) is 12.3. The average molecular weight is 425 g/mol. The van der Waals surface area contributed by atoms with Crippen molar-refractivity contribution >= 4 is 17.7 Å². The van der Waals surface area contributed by atoms with E-state index in [1.54, 1.807) is 32.0 Å². The Morgan fingerprint density at radius 3 is 2.42 bits per heavy atom. The Morgan fingerprint density at radius 2 is 1.74 bits per heavy atom. The van der Waals surface area contributed by atoms with E-state index in [2.05, 4.69) is 4.98 Å². The van der Waals surface area contributed by atoms with Crippen molar-refractivity contribution in [1.29, 1.82) is 0 Å². The Hall–Kier alpha value is -3.81. The fraction of sp³-hybridized carbons (Fsp3) is 0.261. The van der Waals surface area contributed by atoms with Crippen LogP contribution in [0.3, 0.4) is 0 Å². The lowest BCUT2D eigenvalue weighted by Crippen LogP contribution is -2.25. The van der Waals surface area contributed by atoms with Gasteiger partial charge in [0.1, 0.15) is 18.1 Å². The Labute approximate surface area is 179 Å². The smallest absolute Gasteiger partial charge is 0.374 e.